The predicted octanol–water partition coefficient (Wildman–Crippen LogP) is 2.14. The largest absolute Gasteiger partial charge is 0.366 e. The van der Waals surface area contributed by atoms with Gasteiger partial charge in [-0.3, -0.25) is 4.98 Å². The number of hydrogen-bond donors (Lipinski definition) is 2. The number of anilines is 2. The molecular weight excluding hydrogens is 226 g/mol. The molecule has 0 amide bonds. The van der Waals surface area contributed by atoms with Gasteiger partial charge in [0.2, 0.25) is 5.95 Å². The van der Waals surface area contributed by atoms with Crippen LogP contribution in [0.5, 0.6) is 0 Å². The van der Waals surface area contributed by atoms with E-state index in [1.165, 1.54) is 11.1 Å². The Bertz CT molecular complexity index is 539. The van der Waals surface area contributed by atoms with Gasteiger partial charge in [-0.1, -0.05) is 0 Å². The van der Waals surface area contributed by atoms with Crippen LogP contribution in [0, 0.1) is 13.8 Å². The Balaban J connectivity index is 2.13. The quantitative estimate of drug-likeness (QED) is 0.861. The SMILES string of the molecule is CNc1ncc(C)c(NCc2ccncc2C)n1. The van der Waals surface area contributed by atoms with Crippen LogP contribution in [-0.4, -0.2) is 22.0 Å². The molecular formula is C13H17N5. The highest BCUT2D eigenvalue weighted by Crippen LogP contribution is 2.14. The molecule has 0 spiro atoms. The maximum atomic E-state index is 4.39. The van der Waals surface area contributed by atoms with Crippen LogP contribution in [0.1, 0.15) is 16.7 Å². The molecule has 0 bridgehead atoms. The fourth-order valence-corrected chi connectivity index (χ4v) is 1.62. The minimum absolute atomic E-state index is 0.620. The predicted molar refractivity (Wildman–Crippen MR) is 72.6 cm³/mol. The van der Waals surface area contributed by atoms with Gasteiger partial charge in [-0.25, -0.2) is 4.98 Å². The summed E-state index contributed by atoms with van der Waals surface area (Å²) in [7, 11) is 1.81. The summed E-state index contributed by atoms with van der Waals surface area (Å²) in [6.07, 6.45) is 5.47. The lowest BCUT2D eigenvalue weighted by Crippen LogP contribution is -2.07. The van der Waals surface area contributed by atoms with Gasteiger partial charge in [0, 0.05) is 37.7 Å². The van der Waals surface area contributed by atoms with Crippen LogP contribution in [0.2, 0.25) is 0 Å². The van der Waals surface area contributed by atoms with Crippen molar-refractivity contribution in [1.29, 1.82) is 0 Å². The van der Waals surface area contributed by atoms with Crippen LogP contribution in [-0.2, 0) is 6.54 Å². The molecule has 0 aliphatic rings. The van der Waals surface area contributed by atoms with E-state index in [1.54, 1.807) is 12.4 Å². The molecule has 0 aliphatic heterocycles. The van der Waals surface area contributed by atoms with E-state index >= 15 is 0 Å². The highest BCUT2D eigenvalue weighted by molar-refractivity contribution is 5.46. The van der Waals surface area contributed by atoms with Gasteiger partial charge in [0.25, 0.3) is 0 Å². The minimum Gasteiger partial charge on any atom is -0.366 e. The average Bonchev–Trinajstić information content (AvgIpc) is 2.39. The Morgan fingerprint density at radius 2 is 2.00 bits per heavy atom. The van der Waals surface area contributed by atoms with Gasteiger partial charge in [0.1, 0.15) is 5.82 Å². The van der Waals surface area contributed by atoms with Gasteiger partial charge in [-0.05, 0) is 31.0 Å². The molecule has 18 heavy (non-hydrogen) atoms. The molecule has 94 valence electrons. The van der Waals surface area contributed by atoms with Gasteiger partial charge < -0.3 is 10.6 Å². The molecule has 0 saturated carbocycles. The molecule has 0 aromatic carbocycles. The van der Waals surface area contributed by atoms with Gasteiger partial charge >= 0.3 is 0 Å². The summed E-state index contributed by atoms with van der Waals surface area (Å²) in [4.78, 5) is 12.6. The van der Waals surface area contributed by atoms with Crippen LogP contribution in [0.3, 0.4) is 0 Å². The third kappa shape index (κ3) is 2.74. The van der Waals surface area contributed by atoms with Crippen molar-refractivity contribution in [1.82, 2.24) is 15.0 Å². The number of rotatable bonds is 4. The van der Waals surface area contributed by atoms with Crippen LogP contribution < -0.4 is 10.6 Å². The number of pyridine rings is 1. The van der Waals surface area contributed by atoms with E-state index in [2.05, 4.69) is 32.5 Å². The van der Waals surface area contributed by atoms with Gasteiger partial charge in [0.05, 0.1) is 0 Å². The minimum atomic E-state index is 0.620. The van der Waals surface area contributed by atoms with Crippen molar-refractivity contribution in [3.05, 3.63) is 41.3 Å². The Kier molecular flexibility index (Phi) is 3.72. The Morgan fingerprint density at radius 1 is 1.17 bits per heavy atom. The summed E-state index contributed by atoms with van der Waals surface area (Å²) in [5.41, 5.74) is 3.42. The van der Waals surface area contributed by atoms with Gasteiger partial charge in [-0.15, -0.1) is 0 Å². The standard InChI is InChI=1S/C13H17N5/c1-9-6-15-5-4-11(9)8-16-12-10(2)7-17-13(14-3)18-12/h4-7H,8H2,1-3H3,(H2,14,16,17,18). The highest BCUT2D eigenvalue weighted by Gasteiger charge is 2.03. The van der Waals surface area contributed by atoms with Crippen LogP contribution in [0.25, 0.3) is 0 Å². The Morgan fingerprint density at radius 3 is 2.72 bits per heavy atom. The third-order valence-electron chi connectivity index (χ3n) is 2.78. The molecule has 0 atom stereocenters. The van der Waals surface area contributed by atoms with Crippen molar-refractivity contribution in [2.24, 2.45) is 0 Å². The zero-order chi connectivity index (χ0) is 13.0. The molecule has 2 N–H and O–H groups in total. The van der Waals surface area contributed by atoms with Crippen molar-refractivity contribution in [3.63, 3.8) is 0 Å². The third-order valence-corrected chi connectivity index (χ3v) is 2.78. The highest BCUT2D eigenvalue weighted by atomic mass is 15.1. The van der Waals surface area contributed by atoms with E-state index in [0.717, 1.165) is 17.9 Å². The monoisotopic (exact) mass is 243 g/mol. The van der Waals surface area contributed by atoms with Crippen molar-refractivity contribution in [2.75, 3.05) is 17.7 Å². The Labute approximate surface area is 107 Å². The summed E-state index contributed by atoms with van der Waals surface area (Å²) in [5.74, 6) is 1.47. The van der Waals surface area contributed by atoms with E-state index in [-0.39, 0.29) is 0 Å². The lowest BCUT2D eigenvalue weighted by molar-refractivity contribution is 1.04. The molecule has 2 aromatic heterocycles. The molecule has 5 nitrogen and oxygen atoms in total. The molecule has 0 fully saturated rings. The first-order valence-electron chi connectivity index (χ1n) is 5.85. The second kappa shape index (κ2) is 5.44. The number of nitrogens with one attached hydrogen (secondary N) is 2. The number of hydrogen-bond acceptors (Lipinski definition) is 5. The smallest absolute Gasteiger partial charge is 0.224 e. The van der Waals surface area contributed by atoms with Crippen molar-refractivity contribution in [3.8, 4) is 0 Å². The molecule has 0 aliphatic carbocycles. The normalized spacial score (nSPS) is 10.2. The fraction of sp³-hybridized carbons (Fsp3) is 0.308. The topological polar surface area (TPSA) is 62.7 Å². The fourth-order valence-electron chi connectivity index (χ4n) is 1.62. The maximum absolute atomic E-state index is 4.39. The lowest BCUT2D eigenvalue weighted by Gasteiger charge is -2.10. The van der Waals surface area contributed by atoms with Crippen molar-refractivity contribution in [2.45, 2.75) is 20.4 Å². The van der Waals surface area contributed by atoms with Crippen LogP contribution in [0.15, 0.2) is 24.7 Å². The van der Waals surface area contributed by atoms with E-state index in [0.29, 0.717) is 5.95 Å². The molecule has 2 heterocycles. The summed E-state index contributed by atoms with van der Waals surface area (Å²) in [5, 5.41) is 6.26. The summed E-state index contributed by atoms with van der Waals surface area (Å²) < 4.78 is 0. The number of aryl methyl sites for hydroxylation is 2. The number of nitrogens with zero attached hydrogens (tertiary/aromatic N) is 3. The van der Waals surface area contributed by atoms with Gasteiger partial charge in [-0.2, -0.15) is 4.98 Å². The zero-order valence-electron chi connectivity index (χ0n) is 10.9. The molecule has 0 unspecified atom stereocenters. The summed E-state index contributed by atoms with van der Waals surface area (Å²) >= 11 is 0. The van der Waals surface area contributed by atoms with E-state index in [4.69, 9.17) is 0 Å². The molecule has 5 heteroatoms. The molecule has 0 radical (unpaired) electrons. The Hall–Kier alpha value is -2.17. The van der Waals surface area contributed by atoms with E-state index in [9.17, 15) is 0 Å². The average molecular weight is 243 g/mol. The second-order valence-electron chi connectivity index (χ2n) is 4.13. The lowest BCUT2D eigenvalue weighted by atomic mass is 10.1. The molecule has 0 saturated heterocycles. The number of aromatic nitrogens is 3. The zero-order valence-corrected chi connectivity index (χ0v) is 10.9. The summed E-state index contributed by atoms with van der Waals surface area (Å²) in [6.45, 7) is 4.77. The summed E-state index contributed by atoms with van der Waals surface area (Å²) in [6, 6.07) is 2.01. The van der Waals surface area contributed by atoms with Crippen molar-refractivity contribution >= 4 is 11.8 Å². The van der Waals surface area contributed by atoms with Crippen molar-refractivity contribution < 1.29 is 0 Å². The van der Waals surface area contributed by atoms with Crippen LogP contribution >= 0.6 is 0 Å². The molecule has 2 aromatic rings. The first-order valence-corrected chi connectivity index (χ1v) is 5.85. The van der Waals surface area contributed by atoms with E-state index < -0.39 is 0 Å². The first-order chi connectivity index (χ1) is 8.70. The van der Waals surface area contributed by atoms with Crippen LogP contribution in [0.4, 0.5) is 11.8 Å². The first kappa shape index (κ1) is 12.3. The van der Waals surface area contributed by atoms with Gasteiger partial charge in [0.15, 0.2) is 0 Å². The maximum Gasteiger partial charge on any atom is 0.224 e. The van der Waals surface area contributed by atoms with E-state index in [1.807, 2.05) is 26.2 Å². The molecule has 2 rings (SSSR count). The second-order valence-corrected chi connectivity index (χ2v) is 4.13.